The lowest BCUT2D eigenvalue weighted by Gasteiger charge is -2.22. The molecule has 3 heterocycles. The Kier molecular flexibility index (Phi) is 4.36. The molecule has 1 aliphatic carbocycles. The first kappa shape index (κ1) is 16.8. The summed E-state index contributed by atoms with van der Waals surface area (Å²) in [7, 11) is 0. The second-order valence-corrected chi connectivity index (χ2v) is 8.24. The Hall–Kier alpha value is -2.34. The van der Waals surface area contributed by atoms with E-state index in [9.17, 15) is 0 Å². The van der Waals surface area contributed by atoms with Gasteiger partial charge in [0.2, 0.25) is 5.16 Å². The molecule has 1 aliphatic heterocycles. The lowest BCUT2D eigenvalue weighted by atomic mass is 9.84. The zero-order valence-electron chi connectivity index (χ0n) is 15.4. The summed E-state index contributed by atoms with van der Waals surface area (Å²) in [4.78, 5) is 0. The Morgan fingerprint density at radius 3 is 2.59 bits per heavy atom. The number of benzene rings is 1. The Balaban J connectivity index is 1.45. The van der Waals surface area contributed by atoms with Gasteiger partial charge in [-0.25, -0.2) is 0 Å². The van der Waals surface area contributed by atoms with Crippen LogP contribution in [0.15, 0.2) is 51.3 Å². The summed E-state index contributed by atoms with van der Waals surface area (Å²) < 4.78 is 7.27. The minimum atomic E-state index is 0.732. The van der Waals surface area contributed by atoms with Crippen LogP contribution >= 0.6 is 11.8 Å². The first-order valence-corrected chi connectivity index (χ1v) is 10.6. The number of hydrogen-bond donors (Lipinski definition) is 0. The average Bonchev–Trinajstić information content (AvgIpc) is 3.34. The summed E-state index contributed by atoms with van der Waals surface area (Å²) in [5.74, 6) is 3.11. The van der Waals surface area contributed by atoms with E-state index in [1.54, 1.807) is 18.0 Å². The van der Waals surface area contributed by atoms with Crippen molar-refractivity contribution >= 4 is 17.5 Å². The Morgan fingerprint density at radius 1 is 1.04 bits per heavy atom. The van der Waals surface area contributed by atoms with Crippen molar-refractivity contribution in [2.24, 2.45) is 5.10 Å². The number of nitrogens with zero attached hydrogens (tertiary/aromatic N) is 4. The van der Waals surface area contributed by atoms with Crippen molar-refractivity contribution in [3.8, 4) is 11.4 Å². The van der Waals surface area contributed by atoms with Crippen LogP contribution < -0.4 is 0 Å². The molecule has 1 aromatic carbocycles. The van der Waals surface area contributed by atoms with E-state index in [1.807, 2.05) is 17.7 Å². The summed E-state index contributed by atoms with van der Waals surface area (Å²) in [6, 6.07) is 11.0. The molecule has 27 heavy (non-hydrogen) atoms. The van der Waals surface area contributed by atoms with Gasteiger partial charge in [-0.3, -0.25) is 0 Å². The van der Waals surface area contributed by atoms with E-state index >= 15 is 0 Å². The topological polar surface area (TPSA) is 56.2 Å². The predicted octanol–water partition coefficient (Wildman–Crippen LogP) is 5.25. The van der Waals surface area contributed by atoms with Crippen LogP contribution in [-0.2, 0) is 0 Å². The molecule has 138 valence electrons. The molecule has 0 bridgehead atoms. The van der Waals surface area contributed by atoms with Gasteiger partial charge in [0.15, 0.2) is 5.82 Å². The van der Waals surface area contributed by atoms with Gasteiger partial charge in [0.05, 0.1) is 17.5 Å². The highest BCUT2D eigenvalue weighted by molar-refractivity contribution is 7.99. The van der Waals surface area contributed by atoms with Crippen LogP contribution in [0, 0.1) is 6.92 Å². The molecule has 0 spiro atoms. The number of aromatic nitrogens is 3. The minimum Gasteiger partial charge on any atom is -0.469 e. The molecule has 0 unspecified atom stereocenters. The van der Waals surface area contributed by atoms with Crippen molar-refractivity contribution < 1.29 is 4.42 Å². The summed E-state index contributed by atoms with van der Waals surface area (Å²) in [6.07, 6.45) is 8.45. The number of rotatable bonds is 3. The summed E-state index contributed by atoms with van der Waals surface area (Å²) in [5, 5.41) is 14.3. The third-order valence-electron chi connectivity index (χ3n) is 5.59. The van der Waals surface area contributed by atoms with Crippen LogP contribution in [0.1, 0.15) is 54.9 Å². The predicted molar refractivity (Wildman–Crippen MR) is 107 cm³/mol. The van der Waals surface area contributed by atoms with E-state index in [0.29, 0.717) is 0 Å². The SMILES string of the molecule is Cc1occc1-c1nnc2n1N=C(c1ccc(C3CCCCC3)cc1)CS2. The molecule has 6 heteroatoms. The van der Waals surface area contributed by atoms with Gasteiger partial charge in [0, 0.05) is 5.75 Å². The van der Waals surface area contributed by atoms with Crippen LogP contribution in [0.5, 0.6) is 0 Å². The Labute approximate surface area is 162 Å². The summed E-state index contributed by atoms with van der Waals surface area (Å²) in [5.41, 5.74) is 4.65. The first-order chi connectivity index (χ1) is 13.3. The van der Waals surface area contributed by atoms with Gasteiger partial charge in [-0.1, -0.05) is 55.3 Å². The van der Waals surface area contributed by atoms with E-state index in [2.05, 4.69) is 34.5 Å². The van der Waals surface area contributed by atoms with E-state index in [0.717, 1.165) is 39.7 Å². The summed E-state index contributed by atoms with van der Waals surface area (Å²) >= 11 is 1.68. The third-order valence-corrected chi connectivity index (χ3v) is 6.52. The zero-order valence-corrected chi connectivity index (χ0v) is 16.2. The molecule has 2 aromatic heterocycles. The van der Waals surface area contributed by atoms with E-state index in [-0.39, 0.29) is 0 Å². The molecule has 0 atom stereocenters. The Bertz CT molecular complexity index is 980. The van der Waals surface area contributed by atoms with Crippen LogP contribution in [0.3, 0.4) is 0 Å². The molecule has 2 aliphatic rings. The average molecular weight is 379 g/mol. The van der Waals surface area contributed by atoms with Crippen LogP contribution in [0.2, 0.25) is 0 Å². The molecule has 5 rings (SSSR count). The molecule has 0 N–H and O–H groups in total. The molecule has 3 aromatic rings. The van der Waals surface area contributed by atoms with Gasteiger partial charge in [-0.15, -0.1) is 10.2 Å². The number of aryl methyl sites for hydroxylation is 1. The molecular weight excluding hydrogens is 356 g/mol. The van der Waals surface area contributed by atoms with Crippen molar-refractivity contribution in [3.05, 3.63) is 53.5 Å². The standard InChI is InChI=1S/C21H22N4OS/c1-14-18(11-12-26-14)20-22-23-21-25(20)24-19(13-27-21)17-9-7-16(8-10-17)15-5-3-2-4-6-15/h7-12,15H,2-6,13H2,1H3. The van der Waals surface area contributed by atoms with E-state index < -0.39 is 0 Å². The highest BCUT2D eigenvalue weighted by Crippen LogP contribution is 2.33. The number of hydrogen-bond acceptors (Lipinski definition) is 5. The molecule has 1 saturated carbocycles. The van der Waals surface area contributed by atoms with Crippen molar-refractivity contribution in [2.75, 3.05) is 5.75 Å². The van der Waals surface area contributed by atoms with E-state index in [1.165, 1.54) is 43.2 Å². The molecule has 0 radical (unpaired) electrons. The minimum absolute atomic E-state index is 0.732. The normalized spacial score (nSPS) is 17.6. The maximum atomic E-state index is 5.43. The lowest BCUT2D eigenvalue weighted by molar-refractivity contribution is 0.443. The van der Waals surface area contributed by atoms with Gasteiger partial charge in [0.25, 0.3) is 0 Å². The molecular formula is C21H22N4OS. The van der Waals surface area contributed by atoms with Gasteiger partial charge >= 0.3 is 0 Å². The Morgan fingerprint density at radius 2 is 1.85 bits per heavy atom. The van der Waals surface area contributed by atoms with Crippen molar-refractivity contribution in [3.63, 3.8) is 0 Å². The maximum absolute atomic E-state index is 5.43. The van der Waals surface area contributed by atoms with Crippen molar-refractivity contribution in [1.29, 1.82) is 0 Å². The number of furan rings is 1. The fourth-order valence-corrected chi connectivity index (χ4v) is 4.88. The van der Waals surface area contributed by atoms with Gasteiger partial charge in [-0.05, 0) is 42.9 Å². The van der Waals surface area contributed by atoms with Crippen molar-refractivity contribution in [2.45, 2.75) is 50.1 Å². The quantitative estimate of drug-likeness (QED) is 0.624. The lowest BCUT2D eigenvalue weighted by Crippen LogP contribution is -2.14. The highest BCUT2D eigenvalue weighted by atomic mass is 32.2. The van der Waals surface area contributed by atoms with Crippen LogP contribution in [0.25, 0.3) is 11.4 Å². The van der Waals surface area contributed by atoms with E-state index in [4.69, 9.17) is 9.52 Å². The molecule has 0 saturated heterocycles. The number of fused-ring (bicyclic) bond motifs is 1. The fourth-order valence-electron chi connectivity index (χ4n) is 4.04. The molecule has 0 amide bonds. The third kappa shape index (κ3) is 3.12. The number of thioether (sulfide) groups is 1. The molecule has 1 fully saturated rings. The largest absolute Gasteiger partial charge is 0.469 e. The second-order valence-electron chi connectivity index (χ2n) is 7.30. The molecule has 5 nitrogen and oxygen atoms in total. The second kappa shape index (κ2) is 7.00. The van der Waals surface area contributed by atoms with Gasteiger partial charge < -0.3 is 4.42 Å². The van der Waals surface area contributed by atoms with Crippen LogP contribution in [0.4, 0.5) is 0 Å². The van der Waals surface area contributed by atoms with Gasteiger partial charge in [-0.2, -0.15) is 9.78 Å². The fraction of sp³-hybridized carbons (Fsp3) is 0.381. The smallest absolute Gasteiger partial charge is 0.212 e. The van der Waals surface area contributed by atoms with Gasteiger partial charge in [0.1, 0.15) is 5.76 Å². The monoisotopic (exact) mass is 378 g/mol. The zero-order chi connectivity index (χ0) is 18.2. The highest BCUT2D eigenvalue weighted by Gasteiger charge is 2.23. The van der Waals surface area contributed by atoms with Crippen LogP contribution in [-0.4, -0.2) is 26.3 Å². The van der Waals surface area contributed by atoms with Crippen molar-refractivity contribution in [1.82, 2.24) is 14.9 Å². The maximum Gasteiger partial charge on any atom is 0.212 e. The summed E-state index contributed by atoms with van der Waals surface area (Å²) in [6.45, 7) is 1.93. The first-order valence-electron chi connectivity index (χ1n) is 9.60.